The third-order valence-corrected chi connectivity index (χ3v) is 2.26. The predicted octanol–water partition coefficient (Wildman–Crippen LogP) is 0.879. The van der Waals surface area contributed by atoms with Crippen LogP contribution in [0.3, 0.4) is 0 Å². The number of aliphatic carboxylic acids is 1. The second kappa shape index (κ2) is 4.85. The second-order valence-electron chi connectivity index (χ2n) is 3.56. The van der Waals surface area contributed by atoms with E-state index < -0.39 is 12.1 Å². The lowest BCUT2D eigenvalue weighted by molar-refractivity contribution is -0.147. The summed E-state index contributed by atoms with van der Waals surface area (Å²) in [6.07, 6.45) is -1.57. The molecular weight excluding hydrogens is 210 g/mol. The number of carboxylic acids is 1. The maximum Gasteiger partial charge on any atom is 0.337 e. The molecule has 0 aliphatic carbocycles. The van der Waals surface area contributed by atoms with E-state index in [-0.39, 0.29) is 5.56 Å². The molecule has 5 heteroatoms. The van der Waals surface area contributed by atoms with E-state index in [1.165, 1.54) is 7.11 Å². The number of aliphatic hydroxyl groups is 1. The highest BCUT2D eigenvalue weighted by Gasteiger charge is 2.20. The van der Waals surface area contributed by atoms with E-state index in [2.05, 4.69) is 0 Å². The average Bonchev–Trinajstić information content (AvgIpc) is 2.26. The highest BCUT2D eigenvalue weighted by atomic mass is 16.5. The quantitative estimate of drug-likeness (QED) is 0.796. The Morgan fingerprint density at radius 3 is 2.50 bits per heavy atom. The molecule has 0 bridgehead atoms. The van der Waals surface area contributed by atoms with Crippen LogP contribution in [-0.4, -0.2) is 37.4 Å². The molecule has 1 unspecified atom stereocenters. The number of carboxylic acid groups (broad SMARTS) is 1. The van der Waals surface area contributed by atoms with Crippen LogP contribution in [0.25, 0.3) is 0 Å². The van der Waals surface area contributed by atoms with Crippen LogP contribution in [0, 0.1) is 0 Å². The minimum absolute atomic E-state index is 0.251. The molecule has 88 valence electrons. The number of benzene rings is 1. The van der Waals surface area contributed by atoms with Gasteiger partial charge in [-0.3, -0.25) is 0 Å². The van der Waals surface area contributed by atoms with Crippen LogP contribution < -0.4 is 9.64 Å². The molecule has 1 aromatic carbocycles. The Balaban J connectivity index is 3.21. The Kier molecular flexibility index (Phi) is 3.73. The monoisotopic (exact) mass is 225 g/mol. The summed E-state index contributed by atoms with van der Waals surface area (Å²) >= 11 is 0. The van der Waals surface area contributed by atoms with Crippen molar-refractivity contribution >= 4 is 11.7 Å². The van der Waals surface area contributed by atoms with E-state index in [1.807, 2.05) is 19.0 Å². The zero-order valence-corrected chi connectivity index (χ0v) is 9.47. The predicted molar refractivity (Wildman–Crippen MR) is 59.9 cm³/mol. The summed E-state index contributed by atoms with van der Waals surface area (Å²) in [6.45, 7) is 0. The van der Waals surface area contributed by atoms with Crippen LogP contribution in [-0.2, 0) is 4.79 Å². The SMILES string of the molecule is COc1ccc(N(C)C)cc1C(O)C(=O)O. The van der Waals surface area contributed by atoms with Crippen LogP contribution in [0.1, 0.15) is 11.7 Å². The Hall–Kier alpha value is -1.75. The van der Waals surface area contributed by atoms with Gasteiger partial charge < -0.3 is 19.8 Å². The number of hydrogen-bond donors (Lipinski definition) is 2. The Bertz CT molecular complexity index is 390. The molecule has 0 aliphatic heterocycles. The fourth-order valence-electron chi connectivity index (χ4n) is 1.35. The smallest absolute Gasteiger partial charge is 0.337 e. The number of methoxy groups -OCH3 is 1. The van der Waals surface area contributed by atoms with Crippen LogP contribution in [0.5, 0.6) is 5.75 Å². The van der Waals surface area contributed by atoms with Crippen LogP contribution in [0.4, 0.5) is 5.69 Å². The summed E-state index contributed by atoms with van der Waals surface area (Å²) in [5.41, 5.74) is 1.05. The van der Waals surface area contributed by atoms with Crippen molar-refractivity contribution in [2.45, 2.75) is 6.10 Å². The van der Waals surface area contributed by atoms with Gasteiger partial charge in [0, 0.05) is 25.3 Å². The zero-order valence-electron chi connectivity index (χ0n) is 9.47. The number of hydrogen-bond acceptors (Lipinski definition) is 4. The first kappa shape index (κ1) is 12.3. The maximum absolute atomic E-state index is 10.7. The fraction of sp³-hybridized carbons (Fsp3) is 0.364. The van der Waals surface area contributed by atoms with Gasteiger partial charge in [0.15, 0.2) is 6.10 Å². The topological polar surface area (TPSA) is 70.0 Å². The van der Waals surface area contributed by atoms with Crippen LogP contribution in [0.2, 0.25) is 0 Å². The van der Waals surface area contributed by atoms with Crippen molar-refractivity contribution in [2.24, 2.45) is 0 Å². The molecular formula is C11H15NO4. The third-order valence-electron chi connectivity index (χ3n) is 2.26. The first-order valence-electron chi connectivity index (χ1n) is 4.73. The normalized spacial score (nSPS) is 12.0. The standard InChI is InChI=1S/C11H15NO4/c1-12(2)7-4-5-9(16-3)8(6-7)10(13)11(14)15/h4-6,10,13H,1-3H3,(H,14,15). The van der Waals surface area contributed by atoms with Gasteiger partial charge in [0.25, 0.3) is 0 Å². The molecule has 0 fully saturated rings. The lowest BCUT2D eigenvalue weighted by atomic mass is 10.1. The van der Waals surface area contributed by atoms with Gasteiger partial charge in [-0.1, -0.05) is 0 Å². The number of nitrogens with zero attached hydrogens (tertiary/aromatic N) is 1. The molecule has 1 atom stereocenters. The zero-order chi connectivity index (χ0) is 12.3. The number of carbonyl (C=O) groups is 1. The first-order valence-corrected chi connectivity index (χ1v) is 4.73. The minimum atomic E-state index is -1.57. The van der Waals surface area contributed by atoms with E-state index >= 15 is 0 Å². The summed E-state index contributed by atoms with van der Waals surface area (Å²) in [5, 5.41) is 18.3. The van der Waals surface area contributed by atoms with E-state index in [9.17, 15) is 9.90 Å². The van der Waals surface area contributed by atoms with Gasteiger partial charge in [-0.2, -0.15) is 0 Å². The lowest BCUT2D eigenvalue weighted by Gasteiger charge is -2.17. The fourth-order valence-corrected chi connectivity index (χ4v) is 1.35. The van der Waals surface area contributed by atoms with Crippen molar-refractivity contribution in [1.82, 2.24) is 0 Å². The van der Waals surface area contributed by atoms with Crippen molar-refractivity contribution in [3.8, 4) is 5.75 Å². The van der Waals surface area contributed by atoms with Crippen LogP contribution >= 0.6 is 0 Å². The van der Waals surface area contributed by atoms with Crippen molar-refractivity contribution in [3.05, 3.63) is 23.8 Å². The van der Waals surface area contributed by atoms with E-state index in [1.54, 1.807) is 18.2 Å². The summed E-state index contributed by atoms with van der Waals surface area (Å²) in [6, 6.07) is 5.02. The average molecular weight is 225 g/mol. The van der Waals surface area contributed by atoms with Crippen LogP contribution in [0.15, 0.2) is 18.2 Å². The van der Waals surface area contributed by atoms with Gasteiger partial charge >= 0.3 is 5.97 Å². The second-order valence-corrected chi connectivity index (χ2v) is 3.56. The molecule has 0 saturated heterocycles. The number of anilines is 1. The summed E-state index contributed by atoms with van der Waals surface area (Å²) < 4.78 is 5.01. The van der Waals surface area contributed by atoms with Crippen molar-refractivity contribution in [2.75, 3.05) is 26.1 Å². The Morgan fingerprint density at radius 1 is 1.44 bits per heavy atom. The largest absolute Gasteiger partial charge is 0.496 e. The summed E-state index contributed by atoms with van der Waals surface area (Å²) in [7, 11) is 5.10. The van der Waals surface area contributed by atoms with Crippen molar-refractivity contribution < 1.29 is 19.7 Å². The molecule has 16 heavy (non-hydrogen) atoms. The van der Waals surface area contributed by atoms with Crippen molar-refractivity contribution in [1.29, 1.82) is 0 Å². The van der Waals surface area contributed by atoms with Gasteiger partial charge in [-0.25, -0.2) is 4.79 Å². The third kappa shape index (κ3) is 2.43. The van der Waals surface area contributed by atoms with Gasteiger partial charge in [0.2, 0.25) is 0 Å². The summed E-state index contributed by atoms with van der Waals surface area (Å²) in [5.74, 6) is -0.935. The van der Waals surface area contributed by atoms with Gasteiger partial charge in [0.05, 0.1) is 7.11 Å². The van der Waals surface area contributed by atoms with E-state index in [0.717, 1.165) is 5.69 Å². The molecule has 0 aliphatic rings. The molecule has 0 amide bonds. The highest BCUT2D eigenvalue weighted by Crippen LogP contribution is 2.29. The summed E-state index contributed by atoms with van der Waals surface area (Å²) in [4.78, 5) is 12.5. The van der Waals surface area contributed by atoms with E-state index in [0.29, 0.717) is 5.75 Å². The molecule has 0 saturated carbocycles. The number of ether oxygens (including phenoxy) is 1. The van der Waals surface area contributed by atoms with Crippen molar-refractivity contribution in [3.63, 3.8) is 0 Å². The molecule has 2 N–H and O–H groups in total. The molecule has 0 heterocycles. The molecule has 1 rings (SSSR count). The molecule has 5 nitrogen and oxygen atoms in total. The Morgan fingerprint density at radius 2 is 2.06 bits per heavy atom. The minimum Gasteiger partial charge on any atom is -0.496 e. The van der Waals surface area contributed by atoms with Gasteiger partial charge in [-0.05, 0) is 18.2 Å². The van der Waals surface area contributed by atoms with E-state index in [4.69, 9.17) is 9.84 Å². The Labute approximate surface area is 93.9 Å². The van der Waals surface area contributed by atoms with Gasteiger partial charge in [0.1, 0.15) is 5.75 Å². The molecule has 0 radical (unpaired) electrons. The lowest BCUT2D eigenvalue weighted by Crippen LogP contribution is -2.14. The number of rotatable bonds is 4. The molecule has 1 aromatic rings. The molecule has 0 aromatic heterocycles. The van der Waals surface area contributed by atoms with Gasteiger partial charge in [-0.15, -0.1) is 0 Å². The maximum atomic E-state index is 10.7. The number of aliphatic hydroxyl groups excluding tert-OH is 1. The first-order chi connectivity index (χ1) is 7.47. The highest BCUT2D eigenvalue weighted by molar-refractivity contribution is 5.76. The molecule has 0 spiro atoms.